The van der Waals surface area contributed by atoms with Crippen molar-refractivity contribution in [2.75, 3.05) is 0 Å². The predicted molar refractivity (Wildman–Crippen MR) is 340 cm³/mol. The van der Waals surface area contributed by atoms with Gasteiger partial charge in [-0.05, 0) is 116 Å². The number of benzene rings is 3. The summed E-state index contributed by atoms with van der Waals surface area (Å²) in [6, 6.07) is 31.0. The Hall–Kier alpha value is -9.13. The first-order valence-electron chi connectivity index (χ1n) is 29.4. The summed E-state index contributed by atoms with van der Waals surface area (Å²) in [6.45, 7) is 0. The monoisotopic (exact) mass is 1250 g/mol. The average molecular weight is 1250 g/mol. The van der Waals surface area contributed by atoms with E-state index in [0.717, 1.165) is 107 Å². The van der Waals surface area contributed by atoms with E-state index in [1.165, 1.54) is 17.5 Å². The van der Waals surface area contributed by atoms with Gasteiger partial charge in [-0.1, -0.05) is 79.9 Å². The van der Waals surface area contributed by atoms with Crippen molar-refractivity contribution in [2.45, 2.75) is 96.5 Å². The molecule has 0 aliphatic heterocycles. The minimum Gasteiger partial charge on any atom is -0.392 e. The highest BCUT2D eigenvalue weighted by atomic mass is 32.2. The Bertz CT molecular complexity index is 5000. The number of aryl methyl sites for hydroxylation is 3. The van der Waals surface area contributed by atoms with Gasteiger partial charge < -0.3 is 10.2 Å². The molecule has 0 spiro atoms. The van der Waals surface area contributed by atoms with Crippen LogP contribution in [0.25, 0.3) is 72.1 Å². The molecule has 0 amide bonds. The molecule has 454 valence electrons. The molecule has 15 rings (SSSR count). The summed E-state index contributed by atoms with van der Waals surface area (Å²) in [5.74, 6) is 0.0257. The van der Waals surface area contributed by atoms with Crippen LogP contribution in [0.15, 0.2) is 204 Å². The molecule has 1 unspecified atom stereocenters. The number of aromatic nitrogens is 12. The second-order valence-corrected chi connectivity index (χ2v) is 28.4. The summed E-state index contributed by atoms with van der Waals surface area (Å²) in [7, 11) is -5.93. The van der Waals surface area contributed by atoms with Crippen LogP contribution >= 0.6 is 0 Å². The van der Waals surface area contributed by atoms with E-state index in [0.29, 0.717) is 40.7 Å². The molecule has 3 aliphatic carbocycles. The van der Waals surface area contributed by atoms with E-state index in [4.69, 9.17) is 0 Å². The minimum atomic E-state index is -3.83. The maximum absolute atomic E-state index is 13.4. The molecule has 23 heteroatoms. The molecular weight excluding hydrogens is 1190 g/mol. The normalized spacial score (nSPS) is 16.8. The van der Waals surface area contributed by atoms with Gasteiger partial charge in [-0.25, -0.2) is 52.1 Å². The first-order chi connectivity index (χ1) is 42.9. The number of hydrogen-bond acceptors (Lipinski definition) is 14. The summed E-state index contributed by atoms with van der Waals surface area (Å²) < 4.78 is 88.9. The Morgan fingerprint density at radius 2 is 0.899 bits per heavy atom. The molecule has 2 N–H and O–H groups in total. The molecule has 0 radical (unpaired) electrons. The molecule has 9 aromatic heterocycles. The van der Waals surface area contributed by atoms with E-state index in [-0.39, 0.29) is 26.7 Å². The van der Waals surface area contributed by atoms with Gasteiger partial charge >= 0.3 is 0 Å². The largest absolute Gasteiger partial charge is 0.392 e. The molecule has 2 atom stereocenters. The zero-order valence-electron chi connectivity index (χ0n) is 49.1. The summed E-state index contributed by atoms with van der Waals surface area (Å²) >= 11 is 0. The first kappa shape index (κ1) is 58.9. The Labute approximate surface area is 514 Å². The smallest absolute Gasteiger partial charge is 0.269 e. The van der Waals surface area contributed by atoms with Gasteiger partial charge in [-0.15, -0.1) is 0 Å². The maximum Gasteiger partial charge on any atom is 0.269 e. The number of pyridine rings is 3. The maximum atomic E-state index is 13.4. The lowest BCUT2D eigenvalue weighted by Crippen LogP contribution is -2.21. The number of fused-ring (bicyclic) bond motifs is 3. The van der Waals surface area contributed by atoms with E-state index in [1.54, 1.807) is 161 Å². The summed E-state index contributed by atoms with van der Waals surface area (Å²) in [4.78, 5) is 14.3. The second kappa shape index (κ2) is 23.4. The van der Waals surface area contributed by atoms with Crippen molar-refractivity contribution in [1.82, 2.24) is 56.2 Å². The summed E-state index contributed by atoms with van der Waals surface area (Å²) in [5, 5.41) is 36.3. The number of hydrogen-bond donors (Lipinski definition) is 2. The fourth-order valence-electron chi connectivity index (χ4n) is 12.4. The van der Waals surface area contributed by atoms with Crippen molar-refractivity contribution in [1.29, 1.82) is 0 Å². The number of aliphatic hydroxyl groups excluding tert-OH is 1. The van der Waals surface area contributed by atoms with Crippen LogP contribution in [-0.2, 0) is 56.8 Å². The lowest BCUT2D eigenvalue weighted by Gasteiger charge is -2.22. The van der Waals surface area contributed by atoms with Crippen LogP contribution in [-0.4, -0.2) is 97.8 Å². The molecule has 9 heterocycles. The fraction of sp³-hybridized carbons (Fsp3) is 0.242. The highest BCUT2D eigenvalue weighted by Crippen LogP contribution is 2.43. The number of aliphatic hydroxyl groups is 2. The SMILES string of the molecule is Cn1cc(-c2cn(S(=O)(=O)c3ccccc3)c3ncc(C4(O)CCCC4)cc23)cn1.Cn1cc(-c2cn(S(=O)(=O)c3ccccc3)c3ncc(C4=CCCC4)cc23)cn1.Cn1cc(-c2cn(S(=O)(=O)c3ccccc3)c3ncc(C4CCC[C@H]4O)cc23)cn1. The zero-order chi connectivity index (χ0) is 61.8. The van der Waals surface area contributed by atoms with Gasteiger partial charge in [0.05, 0.1) is 45.0 Å². The zero-order valence-corrected chi connectivity index (χ0v) is 51.5. The van der Waals surface area contributed by atoms with Crippen LogP contribution in [0.4, 0.5) is 0 Å². The van der Waals surface area contributed by atoms with Gasteiger partial charge in [0, 0.05) is 138 Å². The third kappa shape index (κ3) is 11.1. The van der Waals surface area contributed by atoms with E-state index >= 15 is 0 Å². The Morgan fingerprint density at radius 1 is 0.472 bits per heavy atom. The highest BCUT2D eigenvalue weighted by molar-refractivity contribution is 7.90. The van der Waals surface area contributed by atoms with Crippen molar-refractivity contribution >= 4 is 68.7 Å². The molecule has 3 aliphatic rings. The summed E-state index contributed by atoms with van der Waals surface area (Å²) in [6.07, 6.45) is 31.8. The van der Waals surface area contributed by atoms with Gasteiger partial charge in [0.25, 0.3) is 30.1 Å². The van der Waals surface area contributed by atoms with Gasteiger partial charge in [-0.2, -0.15) is 15.3 Å². The van der Waals surface area contributed by atoms with Crippen molar-refractivity contribution in [3.05, 3.63) is 206 Å². The summed E-state index contributed by atoms with van der Waals surface area (Å²) in [5.41, 5.74) is 8.95. The predicted octanol–water partition coefficient (Wildman–Crippen LogP) is 11.0. The van der Waals surface area contributed by atoms with Gasteiger partial charge in [0.15, 0.2) is 16.9 Å². The third-order valence-electron chi connectivity index (χ3n) is 17.1. The van der Waals surface area contributed by atoms with E-state index in [2.05, 4.69) is 42.4 Å². The van der Waals surface area contributed by atoms with E-state index in [1.807, 2.05) is 51.9 Å². The molecule has 0 saturated heterocycles. The Balaban J connectivity index is 0.000000123. The molecule has 3 aromatic carbocycles. The highest BCUT2D eigenvalue weighted by Gasteiger charge is 2.35. The van der Waals surface area contributed by atoms with Crippen molar-refractivity contribution < 1.29 is 35.5 Å². The standard InChI is InChI=1S/2C22H22N4O3S.C22H20N4O2S/c1-25-14-16(12-24-25)20-15-26(30(28,29)18-7-3-2-4-8-18)21-19(20)11-17(13-23-21)22(27)9-5-6-10-22;1-25-13-16(12-24-25)20-14-26(30(28,29)17-6-3-2-4-7-17)22-19(20)10-15(11-23-22)18-8-5-9-21(18)27;1-25-14-18(13-24-25)21-15-26(29(27,28)19-9-3-2-4-10-19)22-20(21)11-17(12-23-22)16-7-5-6-8-16/h2-4,7-8,11-15,27H,5-6,9-10H2,1H3;2-4,6-7,10-14,18,21,27H,5,8-9H2,1H3;2-4,7,9-15H,5-6,8H2,1H3/t;18?,21-;/m.1./s1. The van der Waals surface area contributed by atoms with Crippen LogP contribution < -0.4 is 0 Å². The van der Waals surface area contributed by atoms with Crippen molar-refractivity contribution in [3.63, 3.8) is 0 Å². The third-order valence-corrected chi connectivity index (χ3v) is 22.1. The van der Waals surface area contributed by atoms with Crippen LogP contribution in [0.3, 0.4) is 0 Å². The molecule has 20 nitrogen and oxygen atoms in total. The van der Waals surface area contributed by atoms with Crippen molar-refractivity contribution in [2.24, 2.45) is 21.1 Å². The number of nitrogens with zero attached hydrogens (tertiary/aromatic N) is 12. The first-order valence-corrected chi connectivity index (χ1v) is 33.7. The van der Waals surface area contributed by atoms with Crippen molar-refractivity contribution in [3.8, 4) is 33.4 Å². The quantitative estimate of drug-likeness (QED) is 0.115. The van der Waals surface area contributed by atoms with Gasteiger partial charge in [-0.3, -0.25) is 14.0 Å². The number of allylic oxidation sites excluding steroid dienone is 2. The fourth-order valence-corrected chi connectivity index (χ4v) is 16.5. The van der Waals surface area contributed by atoms with E-state index in [9.17, 15) is 35.5 Å². The second-order valence-electron chi connectivity index (χ2n) is 23.0. The lowest BCUT2D eigenvalue weighted by molar-refractivity contribution is 0.0443. The average Bonchev–Trinajstić information content (AvgIpc) is 1.75. The molecule has 12 aromatic rings. The van der Waals surface area contributed by atoms with Crippen LogP contribution in [0.2, 0.25) is 0 Å². The molecule has 0 bridgehead atoms. The van der Waals surface area contributed by atoms with Crippen LogP contribution in [0, 0.1) is 0 Å². The van der Waals surface area contributed by atoms with Gasteiger partial charge in [0.1, 0.15) is 0 Å². The lowest BCUT2D eigenvalue weighted by atomic mass is 9.92. The Morgan fingerprint density at radius 3 is 1.30 bits per heavy atom. The van der Waals surface area contributed by atoms with E-state index < -0.39 is 35.7 Å². The molecule has 89 heavy (non-hydrogen) atoms. The van der Waals surface area contributed by atoms with Crippen LogP contribution in [0.1, 0.15) is 86.8 Å². The Kier molecular flexibility index (Phi) is 15.5. The molecule has 2 saturated carbocycles. The molecular formula is C66H64N12O8S3. The van der Waals surface area contributed by atoms with Gasteiger partial charge in [0.2, 0.25) is 0 Å². The molecule has 2 fully saturated rings. The topological polar surface area (TPSA) is 250 Å². The minimum absolute atomic E-state index is 0.0257. The number of rotatable bonds is 12. The van der Waals surface area contributed by atoms with Crippen LogP contribution in [0.5, 0.6) is 0 Å².